The third kappa shape index (κ3) is 3.30. The van der Waals surface area contributed by atoms with Crippen LogP contribution in [0.3, 0.4) is 0 Å². The van der Waals surface area contributed by atoms with Gasteiger partial charge in [-0.25, -0.2) is 5.43 Å². The molecule has 20 heavy (non-hydrogen) atoms. The number of hydrogen-bond donors (Lipinski definition) is 2. The van der Waals surface area contributed by atoms with E-state index in [1.165, 1.54) is 11.5 Å². The van der Waals surface area contributed by atoms with E-state index in [1.54, 1.807) is 12.4 Å². The number of ether oxygens (including phenoxy) is 1. The van der Waals surface area contributed by atoms with Crippen molar-refractivity contribution < 1.29 is 4.74 Å². The molecule has 0 spiro atoms. The molecule has 0 saturated carbocycles. The van der Waals surface area contributed by atoms with Crippen LogP contribution in [-0.4, -0.2) is 20.7 Å². The fourth-order valence-corrected chi connectivity index (χ4v) is 2.76. The topological polar surface area (TPSA) is 86.0 Å². The summed E-state index contributed by atoms with van der Waals surface area (Å²) in [6.07, 6.45) is 4.40. The Morgan fingerprint density at radius 2 is 2.20 bits per heavy atom. The quantitative estimate of drug-likeness (QED) is 0.624. The summed E-state index contributed by atoms with van der Waals surface area (Å²) in [5.41, 5.74) is 4.70. The van der Waals surface area contributed by atoms with Crippen molar-refractivity contribution in [1.82, 2.24) is 20.0 Å². The van der Waals surface area contributed by atoms with Crippen LogP contribution in [0.5, 0.6) is 5.75 Å². The lowest BCUT2D eigenvalue weighted by Gasteiger charge is -2.16. The van der Waals surface area contributed by atoms with E-state index in [1.807, 2.05) is 26.8 Å². The van der Waals surface area contributed by atoms with Gasteiger partial charge in [0.25, 0.3) is 0 Å². The number of nitrogens with one attached hydrogen (secondary N) is 1. The van der Waals surface area contributed by atoms with E-state index in [-0.39, 0.29) is 12.1 Å². The summed E-state index contributed by atoms with van der Waals surface area (Å²) in [6, 6.07) is 1.77. The standard InChI is InChI=1S/C13H19N5OS/c1-4-11-13(20-18-17-11)12(16-14)9-5-10(7-15-6-9)19-8(2)3/h5-8,12,16H,4,14H2,1-3H3. The lowest BCUT2D eigenvalue weighted by atomic mass is 10.1. The van der Waals surface area contributed by atoms with Gasteiger partial charge in [-0.05, 0) is 43.4 Å². The van der Waals surface area contributed by atoms with E-state index >= 15 is 0 Å². The maximum absolute atomic E-state index is 5.70. The molecule has 2 aromatic heterocycles. The predicted octanol–water partition coefficient (Wildman–Crippen LogP) is 1.84. The number of pyridine rings is 1. The van der Waals surface area contributed by atoms with Crippen LogP contribution in [-0.2, 0) is 6.42 Å². The van der Waals surface area contributed by atoms with E-state index in [4.69, 9.17) is 10.6 Å². The highest BCUT2D eigenvalue weighted by molar-refractivity contribution is 7.05. The molecule has 7 heteroatoms. The zero-order chi connectivity index (χ0) is 14.5. The summed E-state index contributed by atoms with van der Waals surface area (Å²) in [4.78, 5) is 5.23. The van der Waals surface area contributed by atoms with Crippen LogP contribution in [0.4, 0.5) is 0 Å². The van der Waals surface area contributed by atoms with Crippen LogP contribution in [0.1, 0.15) is 42.9 Å². The van der Waals surface area contributed by atoms with Gasteiger partial charge in [0.1, 0.15) is 5.75 Å². The second-order valence-electron chi connectivity index (χ2n) is 4.66. The minimum absolute atomic E-state index is 0.104. The first-order chi connectivity index (χ1) is 9.65. The molecule has 2 rings (SSSR count). The van der Waals surface area contributed by atoms with Crippen LogP contribution in [0.25, 0.3) is 0 Å². The summed E-state index contributed by atoms with van der Waals surface area (Å²) in [6.45, 7) is 6.01. The van der Waals surface area contributed by atoms with Gasteiger partial charge in [0, 0.05) is 6.20 Å². The van der Waals surface area contributed by atoms with Crippen molar-refractivity contribution in [2.45, 2.75) is 39.3 Å². The molecule has 0 aliphatic rings. The first-order valence-electron chi connectivity index (χ1n) is 6.54. The Bertz CT molecular complexity index is 557. The van der Waals surface area contributed by atoms with Crippen LogP contribution < -0.4 is 16.0 Å². The molecule has 0 aromatic carbocycles. The fraction of sp³-hybridized carbons (Fsp3) is 0.462. The lowest BCUT2D eigenvalue weighted by molar-refractivity contribution is 0.241. The molecular weight excluding hydrogens is 274 g/mol. The minimum atomic E-state index is -0.173. The number of rotatable bonds is 6. The van der Waals surface area contributed by atoms with Gasteiger partial charge < -0.3 is 4.74 Å². The summed E-state index contributed by atoms with van der Waals surface area (Å²) in [7, 11) is 0. The summed E-state index contributed by atoms with van der Waals surface area (Å²) in [5.74, 6) is 6.43. The molecular formula is C13H19N5OS. The maximum atomic E-state index is 5.70. The van der Waals surface area contributed by atoms with E-state index in [9.17, 15) is 0 Å². The zero-order valence-electron chi connectivity index (χ0n) is 11.8. The lowest BCUT2D eigenvalue weighted by Crippen LogP contribution is -2.29. The first kappa shape index (κ1) is 14.8. The smallest absolute Gasteiger partial charge is 0.138 e. The number of aryl methyl sites for hydroxylation is 1. The molecule has 1 unspecified atom stereocenters. The Labute approximate surface area is 122 Å². The normalized spacial score (nSPS) is 12.7. The Kier molecular flexibility index (Phi) is 4.99. The second-order valence-corrected chi connectivity index (χ2v) is 5.44. The Morgan fingerprint density at radius 3 is 2.85 bits per heavy atom. The van der Waals surface area contributed by atoms with Gasteiger partial charge in [-0.1, -0.05) is 11.4 Å². The Morgan fingerprint density at radius 1 is 1.40 bits per heavy atom. The first-order valence-corrected chi connectivity index (χ1v) is 7.31. The molecule has 6 nitrogen and oxygen atoms in total. The molecule has 3 N–H and O–H groups in total. The highest BCUT2D eigenvalue weighted by atomic mass is 32.1. The van der Waals surface area contributed by atoms with Gasteiger partial charge in [-0.15, -0.1) is 5.10 Å². The number of aromatic nitrogens is 3. The summed E-state index contributed by atoms with van der Waals surface area (Å²) < 4.78 is 9.67. The zero-order valence-corrected chi connectivity index (χ0v) is 12.6. The van der Waals surface area contributed by atoms with E-state index in [2.05, 4.69) is 20.0 Å². The van der Waals surface area contributed by atoms with Crippen molar-refractivity contribution in [3.63, 3.8) is 0 Å². The molecule has 0 radical (unpaired) electrons. The van der Waals surface area contributed by atoms with Crippen molar-refractivity contribution in [1.29, 1.82) is 0 Å². The molecule has 2 aromatic rings. The second kappa shape index (κ2) is 6.74. The summed E-state index contributed by atoms with van der Waals surface area (Å²) in [5, 5.41) is 4.12. The van der Waals surface area contributed by atoms with Crippen LogP contribution in [0, 0.1) is 0 Å². The third-order valence-corrected chi connectivity index (χ3v) is 3.62. The molecule has 2 heterocycles. The number of hydrazine groups is 1. The van der Waals surface area contributed by atoms with Crippen LogP contribution in [0.2, 0.25) is 0 Å². The van der Waals surface area contributed by atoms with E-state index < -0.39 is 0 Å². The van der Waals surface area contributed by atoms with E-state index in [0.29, 0.717) is 0 Å². The predicted molar refractivity (Wildman–Crippen MR) is 78.5 cm³/mol. The minimum Gasteiger partial charge on any atom is -0.489 e. The molecule has 0 saturated heterocycles. The van der Waals surface area contributed by atoms with Gasteiger partial charge in [-0.3, -0.25) is 10.8 Å². The molecule has 1 atom stereocenters. The van der Waals surface area contributed by atoms with Crippen molar-refractivity contribution in [2.75, 3.05) is 0 Å². The van der Waals surface area contributed by atoms with Crippen molar-refractivity contribution in [3.8, 4) is 5.75 Å². The highest BCUT2D eigenvalue weighted by Crippen LogP contribution is 2.28. The van der Waals surface area contributed by atoms with Gasteiger partial charge in [-0.2, -0.15) is 0 Å². The van der Waals surface area contributed by atoms with Crippen molar-refractivity contribution >= 4 is 11.5 Å². The fourth-order valence-electron chi connectivity index (χ4n) is 1.93. The number of nitrogens with two attached hydrogens (primary N) is 1. The van der Waals surface area contributed by atoms with E-state index in [0.717, 1.165) is 28.3 Å². The van der Waals surface area contributed by atoms with Gasteiger partial charge >= 0.3 is 0 Å². The largest absolute Gasteiger partial charge is 0.489 e. The van der Waals surface area contributed by atoms with Gasteiger partial charge in [0.05, 0.1) is 28.9 Å². The molecule has 108 valence electrons. The van der Waals surface area contributed by atoms with Crippen LogP contribution in [0.15, 0.2) is 18.5 Å². The summed E-state index contributed by atoms with van der Waals surface area (Å²) >= 11 is 1.35. The SMILES string of the molecule is CCc1nnsc1C(NN)c1cncc(OC(C)C)c1. The molecule has 0 aliphatic heterocycles. The average molecular weight is 293 g/mol. The molecule has 0 bridgehead atoms. The van der Waals surface area contributed by atoms with Crippen molar-refractivity contribution in [3.05, 3.63) is 34.6 Å². The third-order valence-electron chi connectivity index (χ3n) is 2.79. The highest BCUT2D eigenvalue weighted by Gasteiger charge is 2.20. The van der Waals surface area contributed by atoms with Gasteiger partial charge in [0.2, 0.25) is 0 Å². The van der Waals surface area contributed by atoms with Gasteiger partial charge in [0.15, 0.2) is 0 Å². The molecule has 0 fully saturated rings. The van der Waals surface area contributed by atoms with Crippen molar-refractivity contribution in [2.24, 2.45) is 5.84 Å². The number of nitrogens with zero attached hydrogens (tertiary/aromatic N) is 3. The number of hydrogen-bond acceptors (Lipinski definition) is 7. The molecule has 0 amide bonds. The maximum Gasteiger partial charge on any atom is 0.138 e. The Balaban J connectivity index is 2.32. The average Bonchev–Trinajstić information content (AvgIpc) is 2.87. The molecule has 0 aliphatic carbocycles. The Hall–Kier alpha value is -1.57. The van der Waals surface area contributed by atoms with Crippen LogP contribution >= 0.6 is 11.5 Å². The monoisotopic (exact) mass is 293 g/mol.